The fraction of sp³-hybridized carbons (Fsp3) is 0.353. The Morgan fingerprint density at radius 2 is 1.77 bits per heavy atom. The molecule has 1 aromatic heterocycles. The number of hydrogen-bond donors (Lipinski definition) is 1. The van der Waals surface area contributed by atoms with Crippen LogP contribution in [0, 0.1) is 0 Å². The summed E-state index contributed by atoms with van der Waals surface area (Å²) in [4.78, 5) is 24.3. The molecule has 0 aliphatic heterocycles. The Hall–Kier alpha value is -2.97. The van der Waals surface area contributed by atoms with Crippen molar-refractivity contribution >= 4 is 17.7 Å². The smallest absolute Gasteiger partial charge is 0.387 e. The van der Waals surface area contributed by atoms with Gasteiger partial charge in [-0.15, -0.1) is 0 Å². The van der Waals surface area contributed by atoms with Crippen molar-refractivity contribution in [2.75, 3.05) is 5.32 Å². The predicted molar refractivity (Wildman–Crippen MR) is 89.2 cm³/mol. The minimum atomic E-state index is -2.95. The molecule has 9 heteroatoms. The highest BCUT2D eigenvalue weighted by Gasteiger charge is 2.20. The number of esters is 1. The predicted octanol–water partition coefficient (Wildman–Crippen LogP) is 3.25. The van der Waals surface area contributed by atoms with E-state index < -0.39 is 24.6 Å². The fourth-order valence-corrected chi connectivity index (χ4v) is 2.11. The number of ether oxygens (including phenoxy) is 2. The van der Waals surface area contributed by atoms with Gasteiger partial charge in [0, 0.05) is 12.1 Å². The van der Waals surface area contributed by atoms with Crippen LogP contribution in [0.1, 0.15) is 37.2 Å². The van der Waals surface area contributed by atoms with Gasteiger partial charge in [-0.3, -0.25) is 4.79 Å². The van der Waals surface area contributed by atoms with Gasteiger partial charge in [-0.05, 0) is 45.0 Å². The first-order valence-electron chi connectivity index (χ1n) is 7.88. The summed E-state index contributed by atoms with van der Waals surface area (Å²) in [5.74, 6) is -0.863. The highest BCUT2D eigenvalue weighted by atomic mass is 19.3. The second-order valence-corrected chi connectivity index (χ2v) is 5.69. The molecule has 1 aromatic carbocycles. The fourth-order valence-electron chi connectivity index (χ4n) is 2.11. The van der Waals surface area contributed by atoms with E-state index in [4.69, 9.17) is 4.74 Å². The molecule has 2 aromatic rings. The molecule has 1 atom stereocenters. The van der Waals surface area contributed by atoms with Crippen molar-refractivity contribution in [3.63, 3.8) is 0 Å². The lowest BCUT2D eigenvalue weighted by Crippen LogP contribution is -2.31. The van der Waals surface area contributed by atoms with Gasteiger partial charge in [0.25, 0.3) is 5.91 Å². The SMILES string of the molecule is CC(C)n1nccc1NC(=O)[C@@H](C)OC(=O)c1ccc(OC(F)F)cc1. The largest absolute Gasteiger partial charge is 0.449 e. The van der Waals surface area contributed by atoms with Crippen molar-refractivity contribution < 1.29 is 27.8 Å². The summed E-state index contributed by atoms with van der Waals surface area (Å²) in [6.07, 6.45) is 0.491. The number of alkyl halides is 2. The molecule has 1 N–H and O–H groups in total. The van der Waals surface area contributed by atoms with Gasteiger partial charge in [-0.2, -0.15) is 13.9 Å². The number of halogens is 2. The molecular weight excluding hydrogens is 348 g/mol. The normalized spacial score (nSPS) is 12.1. The summed E-state index contributed by atoms with van der Waals surface area (Å²) in [5.41, 5.74) is 0.110. The van der Waals surface area contributed by atoms with Gasteiger partial charge < -0.3 is 14.8 Å². The zero-order chi connectivity index (χ0) is 19.3. The van der Waals surface area contributed by atoms with E-state index >= 15 is 0 Å². The molecule has 7 nitrogen and oxygen atoms in total. The van der Waals surface area contributed by atoms with Crippen molar-refractivity contribution in [2.24, 2.45) is 0 Å². The van der Waals surface area contributed by atoms with Crippen LogP contribution in [0.15, 0.2) is 36.5 Å². The molecule has 1 heterocycles. The van der Waals surface area contributed by atoms with Crippen molar-refractivity contribution in [3.8, 4) is 5.75 Å². The highest BCUT2D eigenvalue weighted by molar-refractivity contribution is 5.96. The van der Waals surface area contributed by atoms with Gasteiger partial charge in [0.05, 0.1) is 11.8 Å². The van der Waals surface area contributed by atoms with Crippen LogP contribution >= 0.6 is 0 Å². The van der Waals surface area contributed by atoms with Crippen molar-refractivity contribution in [2.45, 2.75) is 39.5 Å². The summed E-state index contributed by atoms with van der Waals surface area (Å²) in [6.45, 7) is 2.30. The lowest BCUT2D eigenvalue weighted by Gasteiger charge is -2.16. The molecule has 1 amide bonds. The lowest BCUT2D eigenvalue weighted by atomic mass is 10.2. The van der Waals surface area contributed by atoms with Crippen LogP contribution in [0.2, 0.25) is 0 Å². The number of hydrogen-bond acceptors (Lipinski definition) is 5. The first-order chi connectivity index (χ1) is 12.3. The van der Waals surface area contributed by atoms with Gasteiger partial charge >= 0.3 is 12.6 Å². The molecule has 2 rings (SSSR count). The maximum Gasteiger partial charge on any atom is 0.387 e. The third kappa shape index (κ3) is 5.01. The summed E-state index contributed by atoms with van der Waals surface area (Å²) >= 11 is 0. The number of carbonyl (C=O) groups excluding carboxylic acids is 2. The van der Waals surface area contributed by atoms with E-state index in [-0.39, 0.29) is 17.4 Å². The third-order valence-corrected chi connectivity index (χ3v) is 3.38. The molecule has 0 bridgehead atoms. The van der Waals surface area contributed by atoms with Crippen molar-refractivity contribution in [1.29, 1.82) is 0 Å². The zero-order valence-electron chi connectivity index (χ0n) is 14.5. The Labute approximate surface area is 148 Å². The molecule has 140 valence electrons. The minimum absolute atomic E-state index is 0.0483. The van der Waals surface area contributed by atoms with E-state index in [1.807, 2.05) is 13.8 Å². The van der Waals surface area contributed by atoms with Crippen LogP contribution in [0.3, 0.4) is 0 Å². The van der Waals surface area contributed by atoms with E-state index in [1.165, 1.54) is 31.2 Å². The topological polar surface area (TPSA) is 82.5 Å². The van der Waals surface area contributed by atoms with Crippen LogP contribution in [-0.2, 0) is 9.53 Å². The second-order valence-electron chi connectivity index (χ2n) is 5.69. The number of nitrogens with zero attached hydrogens (tertiary/aromatic N) is 2. The summed E-state index contributed by atoms with van der Waals surface area (Å²) < 4.78 is 35.1. The maximum absolute atomic E-state index is 12.2. The summed E-state index contributed by atoms with van der Waals surface area (Å²) in [7, 11) is 0. The summed E-state index contributed by atoms with van der Waals surface area (Å²) in [5, 5.41) is 6.73. The van der Waals surface area contributed by atoms with Crippen LogP contribution in [0.5, 0.6) is 5.75 Å². The van der Waals surface area contributed by atoms with Crippen molar-refractivity contribution in [1.82, 2.24) is 9.78 Å². The molecular formula is C17H19F2N3O4. The first-order valence-corrected chi connectivity index (χ1v) is 7.88. The average Bonchev–Trinajstić information content (AvgIpc) is 3.03. The van der Waals surface area contributed by atoms with Gasteiger partial charge in [0.2, 0.25) is 0 Å². The Balaban J connectivity index is 1.95. The molecule has 0 aliphatic rings. The quantitative estimate of drug-likeness (QED) is 0.760. The molecule has 0 unspecified atom stereocenters. The molecule has 0 fully saturated rings. The maximum atomic E-state index is 12.2. The number of anilines is 1. The number of amides is 1. The Kier molecular flexibility index (Phi) is 6.26. The Morgan fingerprint density at radius 3 is 2.35 bits per heavy atom. The van der Waals surface area contributed by atoms with Gasteiger partial charge in [-0.1, -0.05) is 0 Å². The summed E-state index contributed by atoms with van der Waals surface area (Å²) in [6, 6.07) is 6.67. The Morgan fingerprint density at radius 1 is 1.12 bits per heavy atom. The molecule has 0 aliphatic carbocycles. The monoisotopic (exact) mass is 367 g/mol. The van der Waals surface area contributed by atoms with E-state index in [1.54, 1.807) is 16.9 Å². The molecule has 0 radical (unpaired) electrons. The van der Waals surface area contributed by atoms with Gasteiger partial charge in [-0.25, -0.2) is 9.48 Å². The van der Waals surface area contributed by atoms with E-state index in [0.29, 0.717) is 5.82 Å². The van der Waals surface area contributed by atoms with Crippen LogP contribution < -0.4 is 10.1 Å². The molecule has 26 heavy (non-hydrogen) atoms. The first kappa shape index (κ1) is 19.4. The van der Waals surface area contributed by atoms with Gasteiger partial charge in [0.15, 0.2) is 6.10 Å². The van der Waals surface area contributed by atoms with Crippen LogP contribution in [0.25, 0.3) is 0 Å². The average molecular weight is 367 g/mol. The highest BCUT2D eigenvalue weighted by Crippen LogP contribution is 2.17. The second kappa shape index (κ2) is 8.41. The number of nitrogens with one attached hydrogen (secondary N) is 1. The van der Waals surface area contributed by atoms with Crippen molar-refractivity contribution in [3.05, 3.63) is 42.1 Å². The van der Waals surface area contributed by atoms with Crippen LogP contribution in [-0.4, -0.2) is 34.4 Å². The van der Waals surface area contributed by atoms with Gasteiger partial charge in [0.1, 0.15) is 11.6 Å². The standard InChI is InChI=1S/C17H19F2N3O4/c1-10(2)22-14(8-9-20-22)21-15(23)11(3)25-16(24)12-4-6-13(7-5-12)26-17(18)19/h4-11,17H,1-3H3,(H,21,23)/t11-/m1/s1. The zero-order valence-corrected chi connectivity index (χ0v) is 14.5. The number of benzene rings is 1. The number of rotatable bonds is 7. The Bertz CT molecular complexity index is 760. The van der Waals surface area contributed by atoms with E-state index in [0.717, 1.165) is 0 Å². The molecule has 0 saturated carbocycles. The lowest BCUT2D eigenvalue weighted by molar-refractivity contribution is -0.123. The number of carbonyl (C=O) groups is 2. The van der Waals surface area contributed by atoms with E-state index in [9.17, 15) is 18.4 Å². The van der Waals surface area contributed by atoms with Crippen LogP contribution in [0.4, 0.5) is 14.6 Å². The number of aromatic nitrogens is 2. The van der Waals surface area contributed by atoms with E-state index in [2.05, 4.69) is 15.2 Å². The third-order valence-electron chi connectivity index (χ3n) is 3.38. The molecule has 0 spiro atoms. The molecule has 0 saturated heterocycles. The minimum Gasteiger partial charge on any atom is -0.449 e.